The van der Waals surface area contributed by atoms with Crippen LogP contribution in [0.3, 0.4) is 0 Å². The Hall–Kier alpha value is -1.12. The molecule has 100 valence electrons. The van der Waals surface area contributed by atoms with Crippen LogP contribution in [0.15, 0.2) is 6.07 Å². The lowest BCUT2D eigenvalue weighted by molar-refractivity contribution is 0.207. The van der Waals surface area contributed by atoms with Gasteiger partial charge in [0, 0.05) is 6.07 Å². The Morgan fingerprint density at radius 3 is 2.44 bits per heavy atom. The van der Waals surface area contributed by atoms with E-state index in [2.05, 4.69) is 20.8 Å². The first-order chi connectivity index (χ1) is 8.34. The van der Waals surface area contributed by atoms with Crippen LogP contribution in [0.25, 0.3) is 0 Å². The lowest BCUT2D eigenvalue weighted by atomic mass is 9.66. The van der Waals surface area contributed by atoms with E-state index in [1.807, 2.05) is 6.92 Å². The second kappa shape index (κ2) is 4.52. The van der Waals surface area contributed by atoms with Crippen molar-refractivity contribution in [3.8, 4) is 5.75 Å². The minimum atomic E-state index is -0.646. The maximum atomic E-state index is 14.0. The predicted octanol–water partition coefficient (Wildman–Crippen LogP) is 4.24. The summed E-state index contributed by atoms with van der Waals surface area (Å²) in [7, 11) is 0. The van der Waals surface area contributed by atoms with E-state index < -0.39 is 17.4 Å². The summed E-state index contributed by atoms with van der Waals surface area (Å²) in [5.41, 5.74) is 0.825. The molecule has 1 aliphatic carbocycles. The average molecular weight is 254 g/mol. The van der Waals surface area contributed by atoms with Crippen molar-refractivity contribution in [2.45, 2.75) is 40.0 Å². The molecule has 1 aliphatic rings. The van der Waals surface area contributed by atoms with Crippen LogP contribution in [0.2, 0.25) is 0 Å². The maximum absolute atomic E-state index is 14.0. The minimum Gasteiger partial charge on any atom is -0.505 e. The second-order valence-corrected chi connectivity index (χ2v) is 5.88. The summed E-state index contributed by atoms with van der Waals surface area (Å²) >= 11 is 0. The van der Waals surface area contributed by atoms with Gasteiger partial charge in [-0.25, -0.2) is 8.78 Å². The zero-order valence-electron chi connectivity index (χ0n) is 11.3. The fraction of sp³-hybridized carbons (Fsp3) is 0.600. The number of benzene rings is 1. The van der Waals surface area contributed by atoms with Crippen molar-refractivity contribution in [1.82, 2.24) is 0 Å². The summed E-state index contributed by atoms with van der Waals surface area (Å²) in [6.07, 6.45) is 0.500. The van der Waals surface area contributed by atoms with Crippen LogP contribution < -0.4 is 0 Å². The van der Waals surface area contributed by atoms with Crippen molar-refractivity contribution in [2.24, 2.45) is 17.8 Å². The van der Waals surface area contributed by atoms with Gasteiger partial charge < -0.3 is 5.11 Å². The maximum Gasteiger partial charge on any atom is 0.168 e. The molecule has 0 fully saturated rings. The van der Waals surface area contributed by atoms with Gasteiger partial charge >= 0.3 is 0 Å². The van der Waals surface area contributed by atoms with Gasteiger partial charge in [0.05, 0.1) is 0 Å². The summed E-state index contributed by atoms with van der Waals surface area (Å²) in [4.78, 5) is 0. The molecule has 0 bridgehead atoms. The van der Waals surface area contributed by atoms with Crippen molar-refractivity contribution < 1.29 is 13.9 Å². The molecule has 3 atom stereocenters. The molecule has 0 aliphatic heterocycles. The molecule has 0 radical (unpaired) electrons. The van der Waals surface area contributed by atoms with Crippen LogP contribution in [0.4, 0.5) is 8.78 Å². The SMILES string of the molecule is CC(C)C1C(C)Cc2c(F)c(O)cc(F)c2C1C. The van der Waals surface area contributed by atoms with E-state index in [4.69, 9.17) is 0 Å². The first-order valence-electron chi connectivity index (χ1n) is 6.54. The predicted molar refractivity (Wildman–Crippen MR) is 67.6 cm³/mol. The number of hydrogen-bond donors (Lipinski definition) is 1. The summed E-state index contributed by atoms with van der Waals surface area (Å²) in [5, 5.41) is 9.39. The largest absolute Gasteiger partial charge is 0.505 e. The Morgan fingerprint density at radius 1 is 1.28 bits per heavy atom. The summed E-state index contributed by atoms with van der Waals surface area (Å²) < 4.78 is 27.9. The van der Waals surface area contributed by atoms with Crippen LogP contribution in [0, 0.1) is 29.4 Å². The number of aromatic hydroxyl groups is 1. The molecule has 0 heterocycles. The van der Waals surface area contributed by atoms with Gasteiger partial charge in [0.15, 0.2) is 11.6 Å². The highest BCUT2D eigenvalue weighted by molar-refractivity contribution is 5.42. The lowest BCUT2D eigenvalue weighted by Crippen LogP contribution is -2.31. The number of phenolic OH excluding ortho intramolecular Hbond substituents is 1. The average Bonchev–Trinajstić information content (AvgIpc) is 2.24. The fourth-order valence-corrected chi connectivity index (χ4v) is 3.75. The molecule has 1 aromatic rings. The first-order valence-corrected chi connectivity index (χ1v) is 6.54. The van der Waals surface area contributed by atoms with E-state index in [1.54, 1.807) is 0 Å². The van der Waals surface area contributed by atoms with Gasteiger partial charge in [-0.2, -0.15) is 0 Å². The number of phenols is 1. The van der Waals surface area contributed by atoms with Gasteiger partial charge in [-0.3, -0.25) is 0 Å². The van der Waals surface area contributed by atoms with Crippen molar-refractivity contribution in [2.75, 3.05) is 0 Å². The van der Waals surface area contributed by atoms with Crippen LogP contribution in [0.5, 0.6) is 5.75 Å². The molecule has 1 aromatic carbocycles. The molecule has 2 rings (SSSR count). The third kappa shape index (κ3) is 1.90. The molecule has 0 spiro atoms. The Kier molecular flexibility index (Phi) is 3.35. The molecule has 1 N–H and O–H groups in total. The third-order valence-electron chi connectivity index (χ3n) is 4.32. The number of fused-ring (bicyclic) bond motifs is 1. The number of hydrogen-bond acceptors (Lipinski definition) is 1. The molecular weight excluding hydrogens is 234 g/mol. The number of halogens is 2. The Balaban J connectivity index is 2.59. The summed E-state index contributed by atoms with van der Waals surface area (Å²) in [6, 6.07) is 0.901. The van der Waals surface area contributed by atoms with Gasteiger partial charge in [0.1, 0.15) is 5.82 Å². The molecule has 18 heavy (non-hydrogen) atoms. The second-order valence-electron chi connectivity index (χ2n) is 5.88. The monoisotopic (exact) mass is 254 g/mol. The molecule has 1 nitrogen and oxygen atoms in total. The fourth-order valence-electron chi connectivity index (χ4n) is 3.75. The topological polar surface area (TPSA) is 20.2 Å². The standard InChI is InChI=1S/C15H20F2O/c1-7(2)13-8(3)5-10-14(9(13)4)11(16)6-12(18)15(10)17/h6-9,13,18H,5H2,1-4H3. The summed E-state index contributed by atoms with van der Waals surface area (Å²) in [6.45, 7) is 8.28. The first kappa shape index (κ1) is 13.3. The normalized spacial score (nSPS) is 27.4. The van der Waals surface area contributed by atoms with Gasteiger partial charge in [0.25, 0.3) is 0 Å². The highest BCUT2D eigenvalue weighted by Gasteiger charge is 2.37. The zero-order valence-corrected chi connectivity index (χ0v) is 11.3. The van der Waals surface area contributed by atoms with Crippen molar-refractivity contribution >= 4 is 0 Å². The smallest absolute Gasteiger partial charge is 0.168 e. The minimum absolute atomic E-state index is 0.0150. The van der Waals surface area contributed by atoms with Gasteiger partial charge in [0.2, 0.25) is 0 Å². The number of rotatable bonds is 1. The van der Waals surface area contributed by atoms with Crippen molar-refractivity contribution in [3.05, 3.63) is 28.8 Å². The lowest BCUT2D eigenvalue weighted by Gasteiger charge is -2.39. The van der Waals surface area contributed by atoms with Crippen LogP contribution in [0.1, 0.15) is 44.7 Å². The Labute approximate surface area is 107 Å². The van der Waals surface area contributed by atoms with Crippen LogP contribution in [-0.2, 0) is 6.42 Å². The van der Waals surface area contributed by atoms with E-state index in [-0.39, 0.29) is 5.92 Å². The highest BCUT2D eigenvalue weighted by atomic mass is 19.1. The summed E-state index contributed by atoms with van der Waals surface area (Å²) in [5.74, 6) is -0.646. The van der Waals surface area contributed by atoms with E-state index in [0.29, 0.717) is 35.3 Å². The Morgan fingerprint density at radius 2 is 1.89 bits per heavy atom. The Bertz CT molecular complexity index is 468. The van der Waals surface area contributed by atoms with Crippen LogP contribution >= 0.6 is 0 Å². The van der Waals surface area contributed by atoms with Gasteiger partial charge in [-0.05, 0) is 41.2 Å². The molecule has 3 unspecified atom stereocenters. The third-order valence-corrected chi connectivity index (χ3v) is 4.32. The van der Waals surface area contributed by atoms with Crippen LogP contribution in [-0.4, -0.2) is 5.11 Å². The van der Waals surface area contributed by atoms with Gasteiger partial charge in [-0.15, -0.1) is 0 Å². The highest BCUT2D eigenvalue weighted by Crippen LogP contribution is 2.46. The van der Waals surface area contributed by atoms with E-state index >= 15 is 0 Å². The van der Waals surface area contributed by atoms with E-state index in [1.165, 1.54) is 0 Å². The molecule has 0 aromatic heterocycles. The van der Waals surface area contributed by atoms with Crippen molar-refractivity contribution in [3.63, 3.8) is 0 Å². The van der Waals surface area contributed by atoms with E-state index in [0.717, 1.165) is 6.07 Å². The molecule has 0 saturated carbocycles. The zero-order chi connectivity index (χ0) is 13.6. The van der Waals surface area contributed by atoms with Gasteiger partial charge in [-0.1, -0.05) is 27.7 Å². The van der Waals surface area contributed by atoms with E-state index in [9.17, 15) is 13.9 Å². The molecule has 3 heteroatoms. The quantitative estimate of drug-likeness (QED) is 0.794. The molecule has 0 amide bonds. The molecule has 0 saturated heterocycles. The van der Waals surface area contributed by atoms with Crippen molar-refractivity contribution in [1.29, 1.82) is 0 Å². The molecular formula is C15H20F2O.